The SMILES string of the molecule is Cc1nc(=O)n(CC2CC2C)c(C)c1C(C)C(=O)O. The molecule has 1 heterocycles. The number of hydrogen-bond acceptors (Lipinski definition) is 3. The number of carbonyl (C=O) groups is 1. The van der Waals surface area contributed by atoms with Gasteiger partial charge in [0.25, 0.3) is 0 Å². The molecule has 0 saturated heterocycles. The molecule has 104 valence electrons. The normalized spacial score (nSPS) is 23.2. The maximum absolute atomic E-state index is 12.0. The van der Waals surface area contributed by atoms with Gasteiger partial charge >= 0.3 is 11.7 Å². The van der Waals surface area contributed by atoms with Crippen LogP contribution in [-0.4, -0.2) is 20.6 Å². The van der Waals surface area contributed by atoms with E-state index < -0.39 is 11.9 Å². The Morgan fingerprint density at radius 2 is 2.11 bits per heavy atom. The van der Waals surface area contributed by atoms with Crippen LogP contribution in [-0.2, 0) is 11.3 Å². The Hall–Kier alpha value is -1.65. The molecule has 0 radical (unpaired) electrons. The second-order valence-corrected chi connectivity index (χ2v) is 5.62. The van der Waals surface area contributed by atoms with E-state index in [1.54, 1.807) is 18.4 Å². The first-order valence-electron chi connectivity index (χ1n) is 6.63. The van der Waals surface area contributed by atoms with E-state index in [1.807, 2.05) is 6.92 Å². The summed E-state index contributed by atoms with van der Waals surface area (Å²) in [5, 5.41) is 9.17. The van der Waals surface area contributed by atoms with Crippen molar-refractivity contribution in [3.63, 3.8) is 0 Å². The van der Waals surface area contributed by atoms with Gasteiger partial charge in [-0.3, -0.25) is 9.36 Å². The largest absolute Gasteiger partial charge is 0.481 e. The fourth-order valence-corrected chi connectivity index (χ4v) is 2.67. The molecule has 0 amide bonds. The molecule has 1 aliphatic carbocycles. The second kappa shape index (κ2) is 4.79. The molecule has 0 aliphatic heterocycles. The highest BCUT2D eigenvalue weighted by atomic mass is 16.4. The third kappa shape index (κ3) is 2.55. The van der Waals surface area contributed by atoms with Gasteiger partial charge in [-0.1, -0.05) is 6.92 Å². The van der Waals surface area contributed by atoms with Crippen LogP contribution in [0.4, 0.5) is 0 Å². The van der Waals surface area contributed by atoms with E-state index in [-0.39, 0.29) is 5.69 Å². The molecule has 5 heteroatoms. The van der Waals surface area contributed by atoms with Gasteiger partial charge < -0.3 is 5.11 Å². The van der Waals surface area contributed by atoms with Crippen LogP contribution >= 0.6 is 0 Å². The smallest absolute Gasteiger partial charge is 0.347 e. The zero-order valence-corrected chi connectivity index (χ0v) is 11.8. The summed E-state index contributed by atoms with van der Waals surface area (Å²) in [6.45, 7) is 7.96. The van der Waals surface area contributed by atoms with Crippen molar-refractivity contribution in [1.82, 2.24) is 9.55 Å². The Labute approximate surface area is 112 Å². The first kappa shape index (κ1) is 13.8. The summed E-state index contributed by atoms with van der Waals surface area (Å²) in [6, 6.07) is 0. The van der Waals surface area contributed by atoms with Crippen molar-refractivity contribution < 1.29 is 9.90 Å². The van der Waals surface area contributed by atoms with Crippen LogP contribution in [0.3, 0.4) is 0 Å². The first-order valence-corrected chi connectivity index (χ1v) is 6.63. The predicted octanol–water partition coefficient (Wildman–Crippen LogP) is 1.70. The quantitative estimate of drug-likeness (QED) is 0.898. The number of aliphatic carboxylic acids is 1. The van der Waals surface area contributed by atoms with E-state index in [2.05, 4.69) is 11.9 Å². The van der Waals surface area contributed by atoms with Gasteiger partial charge in [0.2, 0.25) is 0 Å². The molecule has 3 unspecified atom stereocenters. The van der Waals surface area contributed by atoms with Crippen molar-refractivity contribution in [3.8, 4) is 0 Å². The fraction of sp³-hybridized carbons (Fsp3) is 0.643. The van der Waals surface area contributed by atoms with Crippen LogP contribution in [0.5, 0.6) is 0 Å². The lowest BCUT2D eigenvalue weighted by atomic mass is 9.98. The molecule has 0 bridgehead atoms. The van der Waals surface area contributed by atoms with Crippen LogP contribution < -0.4 is 5.69 Å². The van der Waals surface area contributed by atoms with Crippen molar-refractivity contribution >= 4 is 5.97 Å². The number of nitrogens with zero attached hydrogens (tertiary/aromatic N) is 2. The minimum atomic E-state index is -0.891. The molecule has 5 nitrogen and oxygen atoms in total. The van der Waals surface area contributed by atoms with Crippen LogP contribution in [0, 0.1) is 25.7 Å². The summed E-state index contributed by atoms with van der Waals surface area (Å²) in [6.07, 6.45) is 1.13. The fourth-order valence-electron chi connectivity index (χ4n) is 2.67. The molecule has 1 aromatic heterocycles. The topological polar surface area (TPSA) is 72.2 Å². The third-order valence-electron chi connectivity index (χ3n) is 4.18. The first-order chi connectivity index (χ1) is 8.82. The minimum Gasteiger partial charge on any atom is -0.481 e. The predicted molar refractivity (Wildman–Crippen MR) is 71.3 cm³/mol. The zero-order valence-electron chi connectivity index (χ0n) is 11.8. The summed E-state index contributed by atoms with van der Waals surface area (Å²) < 4.78 is 1.63. The van der Waals surface area contributed by atoms with Crippen LogP contribution in [0.1, 0.15) is 43.1 Å². The highest BCUT2D eigenvalue weighted by molar-refractivity contribution is 5.76. The van der Waals surface area contributed by atoms with Crippen molar-refractivity contribution in [2.75, 3.05) is 0 Å². The van der Waals surface area contributed by atoms with Gasteiger partial charge in [-0.05, 0) is 39.0 Å². The van der Waals surface area contributed by atoms with Gasteiger partial charge in [0, 0.05) is 23.5 Å². The molecule has 2 rings (SSSR count). The summed E-state index contributed by atoms with van der Waals surface area (Å²) in [4.78, 5) is 27.1. The molecule has 0 aromatic carbocycles. The molecular weight excluding hydrogens is 244 g/mol. The Balaban J connectivity index is 2.46. The summed E-state index contributed by atoms with van der Waals surface area (Å²) >= 11 is 0. The van der Waals surface area contributed by atoms with E-state index in [4.69, 9.17) is 5.11 Å². The van der Waals surface area contributed by atoms with Crippen molar-refractivity contribution in [2.24, 2.45) is 11.8 Å². The van der Waals surface area contributed by atoms with Crippen LogP contribution in [0.2, 0.25) is 0 Å². The van der Waals surface area contributed by atoms with Gasteiger partial charge in [-0.25, -0.2) is 4.79 Å². The highest BCUT2D eigenvalue weighted by Crippen LogP contribution is 2.39. The van der Waals surface area contributed by atoms with Crippen molar-refractivity contribution in [3.05, 3.63) is 27.4 Å². The molecular formula is C14H20N2O3. The van der Waals surface area contributed by atoms with Gasteiger partial charge in [0.15, 0.2) is 0 Å². The second-order valence-electron chi connectivity index (χ2n) is 5.62. The minimum absolute atomic E-state index is 0.268. The number of carboxylic acid groups (broad SMARTS) is 1. The third-order valence-corrected chi connectivity index (χ3v) is 4.18. The monoisotopic (exact) mass is 264 g/mol. The van der Waals surface area contributed by atoms with E-state index >= 15 is 0 Å². The summed E-state index contributed by atoms with van der Waals surface area (Å²) in [7, 11) is 0. The summed E-state index contributed by atoms with van der Waals surface area (Å²) in [5.74, 6) is -0.365. The average molecular weight is 264 g/mol. The molecule has 1 saturated carbocycles. The Bertz CT molecular complexity index is 577. The van der Waals surface area contributed by atoms with E-state index in [9.17, 15) is 9.59 Å². The Morgan fingerprint density at radius 3 is 2.58 bits per heavy atom. The van der Waals surface area contributed by atoms with Crippen LogP contribution in [0.15, 0.2) is 4.79 Å². The number of aromatic nitrogens is 2. The molecule has 0 spiro atoms. The zero-order chi connectivity index (χ0) is 14.3. The number of aryl methyl sites for hydroxylation is 1. The molecule has 1 aliphatic rings. The molecule has 1 aromatic rings. The Kier molecular flexibility index (Phi) is 3.47. The van der Waals surface area contributed by atoms with Gasteiger partial charge in [-0.15, -0.1) is 0 Å². The van der Waals surface area contributed by atoms with Gasteiger partial charge in [0.1, 0.15) is 0 Å². The molecule has 19 heavy (non-hydrogen) atoms. The van der Waals surface area contributed by atoms with Crippen molar-refractivity contribution in [2.45, 2.75) is 46.6 Å². The maximum Gasteiger partial charge on any atom is 0.347 e. The lowest BCUT2D eigenvalue weighted by Gasteiger charge is -2.17. The molecule has 1 N–H and O–H groups in total. The summed E-state index contributed by atoms with van der Waals surface area (Å²) in [5.41, 5.74) is 1.67. The molecule has 1 fully saturated rings. The highest BCUT2D eigenvalue weighted by Gasteiger charge is 2.34. The number of carboxylic acids is 1. The standard InChI is InChI=1S/C14H20N2O3/c1-7-5-11(7)6-16-10(4)12(8(2)13(17)18)9(3)15-14(16)19/h7-8,11H,5-6H2,1-4H3,(H,17,18). The Morgan fingerprint density at radius 1 is 1.53 bits per heavy atom. The lowest BCUT2D eigenvalue weighted by molar-refractivity contribution is -0.138. The molecule has 3 atom stereocenters. The maximum atomic E-state index is 12.0. The van der Waals surface area contributed by atoms with E-state index in [0.29, 0.717) is 29.6 Å². The van der Waals surface area contributed by atoms with Gasteiger partial charge in [-0.2, -0.15) is 4.98 Å². The van der Waals surface area contributed by atoms with Crippen molar-refractivity contribution in [1.29, 1.82) is 0 Å². The van der Waals surface area contributed by atoms with Crippen LogP contribution in [0.25, 0.3) is 0 Å². The van der Waals surface area contributed by atoms with E-state index in [1.165, 1.54) is 0 Å². The lowest BCUT2D eigenvalue weighted by Crippen LogP contribution is -2.30. The van der Waals surface area contributed by atoms with E-state index in [0.717, 1.165) is 12.1 Å². The van der Waals surface area contributed by atoms with Gasteiger partial charge in [0.05, 0.1) is 5.92 Å². The number of hydrogen-bond donors (Lipinski definition) is 1. The average Bonchev–Trinajstić information content (AvgIpc) is 2.99. The number of rotatable bonds is 4.